The van der Waals surface area contributed by atoms with Crippen molar-refractivity contribution in [1.29, 1.82) is 0 Å². The van der Waals surface area contributed by atoms with Gasteiger partial charge in [-0.15, -0.1) is 0 Å². The topological polar surface area (TPSA) is 66.6 Å². The molecule has 1 aromatic carbocycles. The Balaban J connectivity index is 1.81. The first-order valence-electron chi connectivity index (χ1n) is 6.87. The van der Waals surface area contributed by atoms with Gasteiger partial charge in [0, 0.05) is 23.1 Å². The maximum Gasteiger partial charge on any atom is 0.276 e. The zero-order valence-corrected chi connectivity index (χ0v) is 12.3. The minimum absolute atomic E-state index is 0.0345. The zero-order chi connectivity index (χ0) is 15.7. The van der Waals surface area contributed by atoms with E-state index in [1.165, 1.54) is 11.0 Å². The van der Waals surface area contributed by atoms with E-state index in [0.717, 1.165) is 5.56 Å². The van der Waals surface area contributed by atoms with Crippen LogP contribution in [0.1, 0.15) is 16.9 Å². The maximum absolute atomic E-state index is 13.4. The summed E-state index contributed by atoms with van der Waals surface area (Å²) >= 11 is 5.82. The minimum Gasteiger partial charge on any atom is -0.394 e. The van der Waals surface area contributed by atoms with E-state index in [1.54, 1.807) is 24.3 Å². The van der Waals surface area contributed by atoms with Crippen molar-refractivity contribution >= 4 is 17.5 Å². The molecule has 116 valence electrons. The lowest BCUT2D eigenvalue weighted by Gasteiger charge is -2.20. The lowest BCUT2D eigenvalue weighted by atomic mass is 10.1. The minimum atomic E-state index is -1.12. The third kappa shape index (κ3) is 2.84. The van der Waals surface area contributed by atoms with Crippen molar-refractivity contribution in [1.82, 2.24) is 10.1 Å². The Bertz CT molecular complexity index is 674. The number of alkyl halides is 1. The van der Waals surface area contributed by atoms with Crippen LogP contribution in [-0.2, 0) is 0 Å². The van der Waals surface area contributed by atoms with Crippen LogP contribution in [0.3, 0.4) is 0 Å². The van der Waals surface area contributed by atoms with Gasteiger partial charge in [0.25, 0.3) is 5.91 Å². The maximum atomic E-state index is 13.4. The van der Waals surface area contributed by atoms with Crippen molar-refractivity contribution in [3.8, 4) is 11.3 Å². The zero-order valence-electron chi connectivity index (χ0n) is 11.6. The molecule has 0 unspecified atom stereocenters. The summed E-state index contributed by atoms with van der Waals surface area (Å²) in [5.74, 6) is -0.0141. The van der Waals surface area contributed by atoms with Gasteiger partial charge in [0.1, 0.15) is 6.17 Å². The number of aliphatic hydroxyl groups is 1. The molecule has 1 saturated heterocycles. The second-order valence-corrected chi connectivity index (χ2v) is 5.65. The van der Waals surface area contributed by atoms with Crippen molar-refractivity contribution in [3.63, 3.8) is 0 Å². The molecule has 0 radical (unpaired) electrons. The van der Waals surface area contributed by atoms with Crippen LogP contribution in [0.4, 0.5) is 4.39 Å². The fraction of sp³-hybridized carbons (Fsp3) is 0.333. The molecule has 22 heavy (non-hydrogen) atoms. The standard InChI is InChI=1S/C15H14ClFN2O3/c16-10-3-1-9(2-4-10)14-6-13(18-22-14)15(21)19-7-11(17)5-12(19)8-20/h1-4,6,11-12,20H,5,7-8H2/t11-,12-/m0/s1. The fourth-order valence-electron chi connectivity index (χ4n) is 2.55. The Labute approximate surface area is 131 Å². The monoisotopic (exact) mass is 324 g/mol. The Morgan fingerprint density at radius 2 is 2.18 bits per heavy atom. The predicted octanol–water partition coefficient (Wildman–Crippen LogP) is 2.54. The van der Waals surface area contributed by atoms with Crippen LogP contribution >= 0.6 is 11.6 Å². The van der Waals surface area contributed by atoms with Gasteiger partial charge in [0.15, 0.2) is 11.5 Å². The number of carbonyl (C=O) groups is 1. The van der Waals surface area contributed by atoms with Crippen LogP contribution in [0, 0.1) is 0 Å². The van der Waals surface area contributed by atoms with Crippen LogP contribution in [0.15, 0.2) is 34.9 Å². The highest BCUT2D eigenvalue weighted by molar-refractivity contribution is 6.30. The molecule has 3 rings (SSSR count). The smallest absolute Gasteiger partial charge is 0.276 e. The summed E-state index contributed by atoms with van der Waals surface area (Å²) in [7, 11) is 0. The average Bonchev–Trinajstić information content (AvgIpc) is 3.14. The highest BCUT2D eigenvalue weighted by Crippen LogP contribution is 2.25. The van der Waals surface area contributed by atoms with Crippen LogP contribution in [0.25, 0.3) is 11.3 Å². The number of likely N-dealkylation sites (tertiary alicyclic amines) is 1. The van der Waals surface area contributed by atoms with Gasteiger partial charge in [0.2, 0.25) is 0 Å². The van der Waals surface area contributed by atoms with Crippen molar-refractivity contribution in [2.24, 2.45) is 0 Å². The Hall–Kier alpha value is -1.92. The Kier molecular flexibility index (Phi) is 4.13. The third-order valence-corrected chi connectivity index (χ3v) is 3.95. The van der Waals surface area contributed by atoms with E-state index in [-0.39, 0.29) is 25.3 Å². The van der Waals surface area contributed by atoms with E-state index in [2.05, 4.69) is 5.16 Å². The van der Waals surface area contributed by atoms with Gasteiger partial charge in [-0.25, -0.2) is 4.39 Å². The van der Waals surface area contributed by atoms with Gasteiger partial charge in [-0.1, -0.05) is 16.8 Å². The summed E-state index contributed by atoms with van der Waals surface area (Å²) in [5.41, 5.74) is 0.831. The number of nitrogens with zero attached hydrogens (tertiary/aromatic N) is 2. The number of aromatic nitrogens is 1. The number of carbonyl (C=O) groups excluding carboxylic acids is 1. The third-order valence-electron chi connectivity index (χ3n) is 3.69. The molecule has 1 N–H and O–H groups in total. The summed E-state index contributed by atoms with van der Waals surface area (Å²) < 4.78 is 18.6. The Morgan fingerprint density at radius 3 is 2.86 bits per heavy atom. The van der Waals surface area contributed by atoms with E-state index >= 15 is 0 Å². The molecular weight excluding hydrogens is 311 g/mol. The summed E-state index contributed by atoms with van der Waals surface area (Å²) in [6, 6.07) is 7.90. The van der Waals surface area contributed by atoms with Crippen molar-refractivity contribution < 1.29 is 18.8 Å². The highest BCUT2D eigenvalue weighted by Gasteiger charge is 2.36. The highest BCUT2D eigenvalue weighted by atomic mass is 35.5. The van der Waals surface area contributed by atoms with Crippen molar-refractivity contribution in [2.45, 2.75) is 18.6 Å². The molecule has 2 heterocycles. The summed E-state index contributed by atoms with van der Waals surface area (Å²) in [6.07, 6.45) is -0.979. The molecule has 1 aromatic heterocycles. The molecule has 0 aliphatic carbocycles. The van der Waals surface area contributed by atoms with Gasteiger partial charge >= 0.3 is 0 Å². The van der Waals surface area contributed by atoms with Crippen LogP contribution in [0.5, 0.6) is 0 Å². The predicted molar refractivity (Wildman–Crippen MR) is 78.4 cm³/mol. The molecule has 7 heteroatoms. The first-order chi connectivity index (χ1) is 10.6. The van der Waals surface area contributed by atoms with E-state index < -0.39 is 18.1 Å². The number of benzene rings is 1. The van der Waals surface area contributed by atoms with E-state index in [4.69, 9.17) is 16.1 Å². The molecule has 2 atom stereocenters. The molecule has 2 aromatic rings. The lowest BCUT2D eigenvalue weighted by Crippen LogP contribution is -2.38. The summed E-state index contributed by atoms with van der Waals surface area (Å²) in [6.45, 7) is -0.304. The number of hydrogen-bond acceptors (Lipinski definition) is 4. The number of hydrogen-bond donors (Lipinski definition) is 1. The quantitative estimate of drug-likeness (QED) is 0.942. The second kappa shape index (κ2) is 6.06. The molecule has 0 bridgehead atoms. The molecule has 5 nitrogen and oxygen atoms in total. The summed E-state index contributed by atoms with van der Waals surface area (Å²) in [5, 5.41) is 13.6. The second-order valence-electron chi connectivity index (χ2n) is 5.21. The number of aliphatic hydroxyl groups excluding tert-OH is 1. The molecule has 1 aliphatic rings. The van der Waals surface area contributed by atoms with Gasteiger partial charge < -0.3 is 14.5 Å². The number of amides is 1. The van der Waals surface area contributed by atoms with E-state index in [9.17, 15) is 14.3 Å². The van der Waals surface area contributed by atoms with Crippen molar-refractivity contribution in [3.05, 3.63) is 41.0 Å². The molecule has 0 saturated carbocycles. The van der Waals surface area contributed by atoms with Gasteiger partial charge in [0.05, 0.1) is 19.2 Å². The SMILES string of the molecule is O=C(c1cc(-c2ccc(Cl)cc2)on1)N1C[C@@H](F)C[C@H]1CO. The number of rotatable bonds is 3. The molecule has 1 fully saturated rings. The van der Waals surface area contributed by atoms with Crippen LogP contribution < -0.4 is 0 Å². The average molecular weight is 325 g/mol. The normalized spacial score (nSPS) is 21.3. The summed E-state index contributed by atoms with van der Waals surface area (Å²) in [4.78, 5) is 13.7. The van der Waals surface area contributed by atoms with Gasteiger partial charge in [-0.2, -0.15) is 0 Å². The first-order valence-corrected chi connectivity index (χ1v) is 7.25. The van der Waals surface area contributed by atoms with Crippen molar-refractivity contribution in [2.75, 3.05) is 13.2 Å². The molecule has 1 aliphatic heterocycles. The lowest BCUT2D eigenvalue weighted by molar-refractivity contribution is 0.0662. The largest absolute Gasteiger partial charge is 0.394 e. The van der Waals surface area contributed by atoms with Crippen LogP contribution in [-0.4, -0.2) is 46.4 Å². The Morgan fingerprint density at radius 1 is 1.45 bits per heavy atom. The van der Waals surface area contributed by atoms with Crippen LogP contribution in [0.2, 0.25) is 5.02 Å². The molecule has 0 spiro atoms. The van der Waals surface area contributed by atoms with E-state index in [1.807, 2.05) is 0 Å². The molecule has 1 amide bonds. The van der Waals surface area contributed by atoms with Gasteiger partial charge in [-0.3, -0.25) is 4.79 Å². The molecular formula is C15H14ClFN2O3. The van der Waals surface area contributed by atoms with Gasteiger partial charge in [-0.05, 0) is 24.3 Å². The first kappa shape index (κ1) is 15.0. The number of halogens is 2. The fourth-order valence-corrected chi connectivity index (χ4v) is 2.68. The van der Waals surface area contributed by atoms with E-state index in [0.29, 0.717) is 10.8 Å².